The largest absolute Gasteiger partial charge is 0.356 e. The molecule has 26 heavy (non-hydrogen) atoms. The van der Waals surface area contributed by atoms with Crippen molar-refractivity contribution in [1.29, 1.82) is 0 Å². The van der Waals surface area contributed by atoms with Gasteiger partial charge in [0.25, 0.3) is 0 Å². The van der Waals surface area contributed by atoms with Crippen molar-refractivity contribution in [2.24, 2.45) is 0 Å². The van der Waals surface area contributed by atoms with Crippen molar-refractivity contribution in [3.05, 3.63) is 63.7 Å². The fourth-order valence-corrected chi connectivity index (χ4v) is 3.62. The van der Waals surface area contributed by atoms with E-state index in [-0.39, 0.29) is 0 Å². The van der Waals surface area contributed by atoms with E-state index in [1.807, 2.05) is 19.9 Å². The van der Waals surface area contributed by atoms with Gasteiger partial charge in [0.2, 0.25) is 0 Å². The summed E-state index contributed by atoms with van der Waals surface area (Å²) in [5.41, 5.74) is 5.77. The molecule has 0 aromatic heterocycles. The first kappa shape index (κ1) is 20.7. The van der Waals surface area contributed by atoms with Gasteiger partial charge in [0.1, 0.15) is 6.04 Å². The van der Waals surface area contributed by atoms with Crippen LogP contribution in [0.1, 0.15) is 35.2 Å². The summed E-state index contributed by atoms with van der Waals surface area (Å²) in [6, 6.07) is 13.2. The normalized spacial score (nSPS) is 12.1. The van der Waals surface area contributed by atoms with E-state index in [0.29, 0.717) is 16.2 Å². The van der Waals surface area contributed by atoms with Crippen LogP contribution in [0.5, 0.6) is 0 Å². The fraction of sp³-hybridized carbons (Fsp3) is 0.381. The van der Waals surface area contributed by atoms with Crippen LogP contribution in [0.4, 0.5) is 5.69 Å². The average Bonchev–Trinajstić information content (AvgIpc) is 2.58. The summed E-state index contributed by atoms with van der Waals surface area (Å²) in [5, 5.41) is 7.88. The molecule has 0 fully saturated rings. The maximum atomic E-state index is 6.36. The monoisotopic (exact) mass is 390 g/mol. The Hall–Kier alpha value is -1.62. The Morgan fingerprint density at radius 1 is 1.15 bits per heavy atom. The van der Waals surface area contributed by atoms with E-state index in [1.165, 1.54) is 16.0 Å². The molecule has 0 bridgehead atoms. The number of thiocarbonyl (C=S) groups is 1. The first-order valence-corrected chi connectivity index (χ1v) is 9.81. The fourth-order valence-electron chi connectivity index (χ4n) is 3.07. The highest BCUT2D eigenvalue weighted by Crippen LogP contribution is 2.27. The zero-order valence-electron chi connectivity index (χ0n) is 16.2. The topological polar surface area (TPSA) is 28.5 Å². The molecule has 0 amide bonds. The molecule has 0 saturated heterocycles. The van der Waals surface area contributed by atoms with Gasteiger partial charge in [-0.15, -0.1) is 0 Å². The lowest BCUT2D eigenvalue weighted by Gasteiger charge is -2.23. The van der Waals surface area contributed by atoms with Gasteiger partial charge in [0, 0.05) is 5.56 Å². The number of rotatable bonds is 6. The van der Waals surface area contributed by atoms with Gasteiger partial charge in [0.15, 0.2) is 5.11 Å². The van der Waals surface area contributed by atoms with Crippen LogP contribution in [0.2, 0.25) is 5.02 Å². The minimum Gasteiger partial charge on any atom is -0.356 e. The van der Waals surface area contributed by atoms with Crippen LogP contribution < -0.4 is 15.5 Å². The van der Waals surface area contributed by atoms with E-state index < -0.39 is 0 Å². The Morgan fingerprint density at radius 2 is 1.81 bits per heavy atom. The summed E-state index contributed by atoms with van der Waals surface area (Å²) in [5.74, 6) is 0. The highest BCUT2D eigenvalue weighted by Gasteiger charge is 2.18. The van der Waals surface area contributed by atoms with Crippen molar-refractivity contribution in [2.75, 3.05) is 26.0 Å². The number of likely N-dealkylation sites (N-methyl/N-ethyl adjacent to an activating group) is 1. The molecule has 0 heterocycles. The molecule has 140 valence electrons. The van der Waals surface area contributed by atoms with Crippen molar-refractivity contribution >= 4 is 34.6 Å². The van der Waals surface area contributed by atoms with E-state index >= 15 is 0 Å². The zero-order chi connectivity index (χ0) is 19.3. The third-order valence-electron chi connectivity index (χ3n) is 4.62. The van der Waals surface area contributed by atoms with E-state index in [1.54, 1.807) is 0 Å². The Bertz CT molecular complexity index is 733. The molecule has 0 saturated carbocycles. The lowest BCUT2D eigenvalue weighted by Crippen LogP contribution is -3.07. The molecule has 3 nitrogen and oxygen atoms in total. The van der Waals surface area contributed by atoms with Crippen LogP contribution in [-0.4, -0.2) is 25.8 Å². The first-order valence-electron chi connectivity index (χ1n) is 9.02. The lowest BCUT2D eigenvalue weighted by atomic mass is 10.0. The molecule has 0 aliphatic carbocycles. The molecule has 2 rings (SSSR count). The van der Waals surface area contributed by atoms with Gasteiger partial charge in [-0.1, -0.05) is 48.9 Å². The third kappa shape index (κ3) is 5.44. The molecule has 2 aromatic carbocycles. The predicted molar refractivity (Wildman–Crippen MR) is 117 cm³/mol. The average molecular weight is 391 g/mol. The van der Waals surface area contributed by atoms with Gasteiger partial charge in [-0.2, -0.15) is 0 Å². The number of halogens is 1. The number of hydrogen-bond donors (Lipinski definition) is 3. The van der Waals surface area contributed by atoms with E-state index in [0.717, 1.165) is 29.8 Å². The quantitative estimate of drug-likeness (QED) is 0.657. The maximum absolute atomic E-state index is 6.36. The predicted octanol–water partition coefficient (Wildman–Crippen LogP) is 3.69. The van der Waals surface area contributed by atoms with Crippen LogP contribution in [0.25, 0.3) is 0 Å². The summed E-state index contributed by atoms with van der Waals surface area (Å²) in [6.45, 7) is 7.00. The number of quaternary nitrogens is 1. The van der Waals surface area contributed by atoms with E-state index in [9.17, 15) is 0 Å². The standard InChI is InChI=1S/C21H28ClN3S/c1-6-16-7-9-17(10-8-16)19(25(4)5)13-23-21(26)24-20-15(3)11-14(2)12-18(20)22/h7-12,19H,6,13H2,1-5H3,(H2,23,24,26)/p+1/t19-/m1/s1. The second-order valence-corrected chi connectivity index (χ2v) is 7.81. The summed E-state index contributed by atoms with van der Waals surface area (Å²) < 4.78 is 0. The molecule has 0 unspecified atom stereocenters. The summed E-state index contributed by atoms with van der Waals surface area (Å²) >= 11 is 11.9. The molecule has 3 N–H and O–H groups in total. The van der Waals surface area contributed by atoms with Gasteiger partial charge < -0.3 is 15.5 Å². The third-order valence-corrected chi connectivity index (χ3v) is 5.17. The smallest absolute Gasteiger partial charge is 0.171 e. The minimum atomic E-state index is 0.315. The van der Waals surface area contributed by atoms with Gasteiger partial charge >= 0.3 is 0 Å². The highest BCUT2D eigenvalue weighted by atomic mass is 35.5. The Labute approximate surface area is 167 Å². The van der Waals surface area contributed by atoms with Crippen LogP contribution in [0, 0.1) is 13.8 Å². The van der Waals surface area contributed by atoms with Crippen LogP contribution in [-0.2, 0) is 6.42 Å². The van der Waals surface area contributed by atoms with E-state index in [4.69, 9.17) is 23.8 Å². The zero-order valence-corrected chi connectivity index (χ0v) is 17.8. The van der Waals surface area contributed by atoms with Crippen LogP contribution >= 0.6 is 23.8 Å². The van der Waals surface area contributed by atoms with Gasteiger partial charge in [0.05, 0.1) is 31.4 Å². The molecule has 1 atom stereocenters. The highest BCUT2D eigenvalue weighted by molar-refractivity contribution is 7.80. The van der Waals surface area contributed by atoms with Gasteiger partial charge in [-0.05, 0) is 55.2 Å². The summed E-state index contributed by atoms with van der Waals surface area (Å²) in [7, 11) is 4.33. The Morgan fingerprint density at radius 3 is 2.35 bits per heavy atom. The first-order chi connectivity index (χ1) is 12.3. The summed E-state index contributed by atoms with van der Waals surface area (Å²) in [4.78, 5) is 1.36. The van der Waals surface area contributed by atoms with Crippen molar-refractivity contribution in [3.8, 4) is 0 Å². The number of aryl methyl sites for hydroxylation is 3. The molecule has 2 aromatic rings. The number of benzene rings is 2. The number of nitrogens with one attached hydrogen (secondary N) is 3. The second-order valence-electron chi connectivity index (χ2n) is 7.00. The Kier molecular flexibility index (Phi) is 7.44. The molecule has 5 heteroatoms. The van der Waals surface area contributed by atoms with Crippen molar-refractivity contribution < 1.29 is 4.90 Å². The van der Waals surface area contributed by atoms with Gasteiger partial charge in [-0.25, -0.2) is 0 Å². The Balaban J connectivity index is 2.03. The molecule has 0 aliphatic rings. The second kappa shape index (κ2) is 9.36. The SMILES string of the molecule is CCc1ccc([C@@H](CNC(=S)Nc2c(C)cc(C)cc2Cl)[NH+](C)C)cc1. The van der Waals surface area contributed by atoms with Crippen molar-refractivity contribution in [1.82, 2.24) is 5.32 Å². The molecule has 0 aliphatic heterocycles. The maximum Gasteiger partial charge on any atom is 0.171 e. The van der Waals surface area contributed by atoms with Crippen LogP contribution in [0.3, 0.4) is 0 Å². The number of anilines is 1. The number of hydrogen-bond acceptors (Lipinski definition) is 1. The lowest BCUT2D eigenvalue weighted by molar-refractivity contribution is -0.890. The van der Waals surface area contributed by atoms with Gasteiger partial charge in [-0.3, -0.25) is 0 Å². The van der Waals surface area contributed by atoms with Crippen LogP contribution in [0.15, 0.2) is 36.4 Å². The molecular weight excluding hydrogens is 362 g/mol. The molecule has 0 radical (unpaired) electrons. The minimum absolute atomic E-state index is 0.315. The van der Waals surface area contributed by atoms with E-state index in [2.05, 4.69) is 62.0 Å². The van der Waals surface area contributed by atoms with Crippen molar-refractivity contribution in [3.63, 3.8) is 0 Å². The molecular formula is C21H29ClN3S+. The van der Waals surface area contributed by atoms with Crippen molar-refractivity contribution in [2.45, 2.75) is 33.2 Å². The summed E-state index contributed by atoms with van der Waals surface area (Å²) in [6.07, 6.45) is 1.06. The molecule has 0 spiro atoms.